The van der Waals surface area contributed by atoms with E-state index >= 15 is 0 Å². The lowest BCUT2D eigenvalue weighted by molar-refractivity contribution is -0.143. The van der Waals surface area contributed by atoms with Crippen LogP contribution in [-0.2, 0) is 20.7 Å². The van der Waals surface area contributed by atoms with Crippen LogP contribution in [0.3, 0.4) is 0 Å². The van der Waals surface area contributed by atoms with E-state index in [4.69, 9.17) is 14.2 Å². The van der Waals surface area contributed by atoms with Gasteiger partial charge in [-0.1, -0.05) is 18.2 Å². The van der Waals surface area contributed by atoms with Crippen LogP contribution in [0, 0.1) is 0 Å². The summed E-state index contributed by atoms with van der Waals surface area (Å²) in [7, 11) is 4.33. The number of nitrogens with zero attached hydrogens (tertiary/aromatic N) is 1. The van der Waals surface area contributed by atoms with Crippen molar-refractivity contribution in [3.8, 4) is 17.2 Å². The van der Waals surface area contributed by atoms with Gasteiger partial charge in [-0.2, -0.15) is 8.78 Å². The molecule has 0 saturated heterocycles. The number of esters is 1. The van der Waals surface area contributed by atoms with E-state index in [1.54, 1.807) is 29.2 Å². The minimum atomic E-state index is -2.98. The summed E-state index contributed by atoms with van der Waals surface area (Å²) in [5, 5.41) is 0. The zero-order valence-electron chi connectivity index (χ0n) is 18.5. The number of fused-ring (bicyclic) bond motifs is 1. The summed E-state index contributed by atoms with van der Waals surface area (Å²) in [5.41, 5.74) is 2.03. The fourth-order valence-electron chi connectivity index (χ4n) is 3.83. The monoisotopic (exact) mass is 461 g/mol. The first-order valence-electron chi connectivity index (χ1n) is 10.2. The Morgan fingerprint density at radius 1 is 1.09 bits per heavy atom. The lowest BCUT2D eigenvalue weighted by Gasteiger charge is -2.36. The van der Waals surface area contributed by atoms with Gasteiger partial charge in [0.15, 0.2) is 11.5 Å². The van der Waals surface area contributed by atoms with Crippen molar-refractivity contribution in [1.82, 2.24) is 4.90 Å². The van der Waals surface area contributed by atoms with Crippen LogP contribution < -0.4 is 14.2 Å². The van der Waals surface area contributed by atoms with Gasteiger partial charge in [-0.15, -0.1) is 0 Å². The van der Waals surface area contributed by atoms with Crippen LogP contribution in [-0.4, -0.2) is 51.3 Å². The number of ether oxygens (including phenoxy) is 4. The number of methoxy groups -OCH3 is 3. The van der Waals surface area contributed by atoms with E-state index in [2.05, 4.69) is 4.74 Å². The van der Waals surface area contributed by atoms with Gasteiger partial charge in [0.2, 0.25) is 5.91 Å². The summed E-state index contributed by atoms with van der Waals surface area (Å²) < 4.78 is 45.4. The summed E-state index contributed by atoms with van der Waals surface area (Å²) in [6, 6.07) is 9.19. The Morgan fingerprint density at radius 2 is 1.79 bits per heavy atom. The molecule has 33 heavy (non-hydrogen) atoms. The molecule has 9 heteroatoms. The standard InChI is InChI=1S/C24H25F2NO6/c1-30-20-12-16-10-11-27(18(14-23(29)32-3)17(16)13-21(20)31-2)22(28)9-8-15-6-4-5-7-19(15)33-24(25)26/h4-9,12-13,18,24H,10-11,14H2,1-3H3/b9-8+. The molecule has 0 radical (unpaired) electrons. The van der Waals surface area contributed by atoms with Crippen molar-refractivity contribution in [3.05, 3.63) is 59.2 Å². The highest BCUT2D eigenvalue weighted by Gasteiger charge is 2.33. The first kappa shape index (κ1) is 24.0. The molecule has 0 aliphatic carbocycles. The summed E-state index contributed by atoms with van der Waals surface area (Å²) in [5.74, 6) is 0.150. The van der Waals surface area contributed by atoms with Crippen molar-refractivity contribution in [2.24, 2.45) is 0 Å². The van der Waals surface area contributed by atoms with Gasteiger partial charge < -0.3 is 23.8 Å². The normalized spacial score (nSPS) is 15.3. The number of para-hydroxylation sites is 1. The Bertz CT molecular complexity index is 1040. The van der Waals surface area contributed by atoms with Gasteiger partial charge in [-0.05, 0) is 41.8 Å². The van der Waals surface area contributed by atoms with E-state index in [0.29, 0.717) is 30.0 Å². The quantitative estimate of drug-likeness (QED) is 0.437. The SMILES string of the molecule is COC(=O)CC1c2cc(OC)c(OC)cc2CCN1C(=O)/C=C/c1ccccc1OC(F)F. The van der Waals surface area contributed by atoms with Crippen molar-refractivity contribution in [2.75, 3.05) is 27.9 Å². The third-order valence-electron chi connectivity index (χ3n) is 5.41. The van der Waals surface area contributed by atoms with Crippen LogP contribution in [0.5, 0.6) is 17.2 Å². The number of hydrogen-bond acceptors (Lipinski definition) is 6. The van der Waals surface area contributed by atoms with Crippen LogP contribution in [0.25, 0.3) is 6.08 Å². The minimum absolute atomic E-state index is 0.0384. The van der Waals surface area contributed by atoms with Crippen molar-refractivity contribution in [2.45, 2.75) is 25.5 Å². The molecule has 2 aromatic carbocycles. The topological polar surface area (TPSA) is 74.3 Å². The molecule has 2 aromatic rings. The van der Waals surface area contributed by atoms with Gasteiger partial charge in [0.05, 0.1) is 33.8 Å². The number of carbonyl (C=O) groups is 2. The van der Waals surface area contributed by atoms with Gasteiger partial charge >= 0.3 is 12.6 Å². The van der Waals surface area contributed by atoms with Crippen LogP contribution in [0.1, 0.15) is 29.2 Å². The average molecular weight is 461 g/mol. The fourth-order valence-corrected chi connectivity index (χ4v) is 3.83. The molecule has 1 atom stereocenters. The maximum Gasteiger partial charge on any atom is 0.387 e. The molecule has 176 valence electrons. The zero-order chi connectivity index (χ0) is 24.0. The molecule has 3 rings (SSSR count). The Balaban J connectivity index is 1.93. The highest BCUT2D eigenvalue weighted by Crippen LogP contribution is 2.39. The number of carbonyl (C=O) groups excluding carboxylic acids is 2. The van der Waals surface area contributed by atoms with Crippen molar-refractivity contribution in [1.29, 1.82) is 0 Å². The van der Waals surface area contributed by atoms with Crippen LogP contribution >= 0.6 is 0 Å². The predicted molar refractivity (Wildman–Crippen MR) is 116 cm³/mol. The van der Waals surface area contributed by atoms with E-state index < -0.39 is 18.6 Å². The van der Waals surface area contributed by atoms with Gasteiger partial charge in [0.1, 0.15) is 5.75 Å². The van der Waals surface area contributed by atoms with Crippen LogP contribution in [0.4, 0.5) is 8.78 Å². The molecular formula is C24H25F2NO6. The van der Waals surface area contributed by atoms with Crippen molar-refractivity contribution >= 4 is 18.0 Å². The number of amides is 1. The number of hydrogen-bond donors (Lipinski definition) is 0. The van der Waals surface area contributed by atoms with Crippen molar-refractivity contribution in [3.63, 3.8) is 0 Å². The van der Waals surface area contributed by atoms with Crippen LogP contribution in [0.15, 0.2) is 42.5 Å². The molecule has 1 amide bonds. The summed E-state index contributed by atoms with van der Waals surface area (Å²) in [6.07, 6.45) is 3.19. The summed E-state index contributed by atoms with van der Waals surface area (Å²) in [6.45, 7) is -2.63. The molecule has 0 N–H and O–H groups in total. The second kappa shape index (κ2) is 10.8. The lowest BCUT2D eigenvalue weighted by atomic mass is 9.90. The molecular weight excluding hydrogens is 436 g/mol. The predicted octanol–water partition coefficient (Wildman–Crippen LogP) is 4.01. The molecule has 7 nitrogen and oxygen atoms in total. The highest BCUT2D eigenvalue weighted by molar-refractivity contribution is 5.93. The highest BCUT2D eigenvalue weighted by atomic mass is 19.3. The van der Waals surface area contributed by atoms with E-state index in [-0.39, 0.29) is 18.1 Å². The molecule has 0 saturated carbocycles. The number of alkyl halides is 2. The molecule has 1 unspecified atom stereocenters. The zero-order valence-corrected chi connectivity index (χ0v) is 18.5. The Kier molecular flexibility index (Phi) is 7.87. The van der Waals surface area contributed by atoms with Gasteiger partial charge in [0.25, 0.3) is 0 Å². The first-order valence-corrected chi connectivity index (χ1v) is 10.2. The second-order valence-corrected chi connectivity index (χ2v) is 7.23. The van der Waals surface area contributed by atoms with E-state index in [1.165, 1.54) is 39.5 Å². The number of halogens is 2. The van der Waals surface area contributed by atoms with E-state index in [9.17, 15) is 18.4 Å². The smallest absolute Gasteiger partial charge is 0.387 e. The molecule has 1 aliphatic heterocycles. The molecule has 1 aliphatic rings. The third-order valence-corrected chi connectivity index (χ3v) is 5.41. The maximum absolute atomic E-state index is 13.1. The maximum atomic E-state index is 13.1. The van der Waals surface area contributed by atoms with Gasteiger partial charge in [0, 0.05) is 18.2 Å². The van der Waals surface area contributed by atoms with E-state index in [0.717, 1.165) is 11.1 Å². The van der Waals surface area contributed by atoms with Gasteiger partial charge in [-0.25, -0.2) is 0 Å². The molecule has 0 spiro atoms. The average Bonchev–Trinajstić information content (AvgIpc) is 2.82. The Labute approximate surface area is 190 Å². The lowest BCUT2D eigenvalue weighted by Crippen LogP contribution is -2.40. The molecule has 0 fully saturated rings. The Morgan fingerprint density at radius 3 is 2.45 bits per heavy atom. The third kappa shape index (κ3) is 5.60. The molecule has 1 heterocycles. The molecule has 0 aromatic heterocycles. The second-order valence-electron chi connectivity index (χ2n) is 7.23. The van der Waals surface area contributed by atoms with Gasteiger partial charge in [-0.3, -0.25) is 9.59 Å². The van der Waals surface area contributed by atoms with Crippen molar-refractivity contribution < 1.29 is 37.3 Å². The fraction of sp³-hybridized carbons (Fsp3) is 0.333. The number of rotatable bonds is 8. The number of benzene rings is 2. The minimum Gasteiger partial charge on any atom is -0.493 e. The molecule has 0 bridgehead atoms. The summed E-state index contributed by atoms with van der Waals surface area (Å²) in [4.78, 5) is 26.8. The van der Waals surface area contributed by atoms with E-state index in [1.807, 2.05) is 6.07 Å². The Hall–Kier alpha value is -3.62. The largest absolute Gasteiger partial charge is 0.493 e. The van der Waals surface area contributed by atoms with Crippen LogP contribution in [0.2, 0.25) is 0 Å². The summed E-state index contributed by atoms with van der Waals surface area (Å²) >= 11 is 0. The first-order chi connectivity index (χ1) is 15.9.